The van der Waals surface area contributed by atoms with E-state index < -0.39 is 0 Å². The SMILES string of the molecule is NCn1c(Cl)nc2cccc(Br)c2c1=O. The molecule has 0 amide bonds. The molecule has 78 valence electrons. The Balaban J connectivity index is 2.99. The zero-order chi connectivity index (χ0) is 11.0. The molecule has 0 bridgehead atoms. The van der Waals surface area contributed by atoms with E-state index >= 15 is 0 Å². The van der Waals surface area contributed by atoms with E-state index in [9.17, 15) is 4.79 Å². The molecule has 0 atom stereocenters. The quantitative estimate of drug-likeness (QED) is 0.813. The highest BCUT2D eigenvalue weighted by Crippen LogP contribution is 2.20. The number of aromatic nitrogens is 2. The Labute approximate surface area is 98.8 Å². The molecule has 0 aliphatic carbocycles. The van der Waals surface area contributed by atoms with Crippen LogP contribution < -0.4 is 11.3 Å². The van der Waals surface area contributed by atoms with Crippen LogP contribution in [0.2, 0.25) is 5.28 Å². The van der Waals surface area contributed by atoms with Gasteiger partial charge in [0, 0.05) is 4.47 Å². The number of benzene rings is 1. The van der Waals surface area contributed by atoms with E-state index in [1.54, 1.807) is 18.2 Å². The van der Waals surface area contributed by atoms with E-state index in [2.05, 4.69) is 20.9 Å². The van der Waals surface area contributed by atoms with E-state index in [1.165, 1.54) is 4.57 Å². The minimum absolute atomic E-state index is 0.0158. The van der Waals surface area contributed by atoms with Gasteiger partial charge in [0.05, 0.1) is 17.6 Å². The summed E-state index contributed by atoms with van der Waals surface area (Å²) < 4.78 is 1.91. The molecule has 1 aromatic heterocycles. The van der Waals surface area contributed by atoms with E-state index in [1.807, 2.05) is 0 Å². The summed E-state index contributed by atoms with van der Waals surface area (Å²) >= 11 is 9.12. The van der Waals surface area contributed by atoms with Gasteiger partial charge in [-0.25, -0.2) is 4.98 Å². The first-order valence-corrected chi connectivity index (χ1v) is 5.37. The van der Waals surface area contributed by atoms with Crippen LogP contribution in [0.4, 0.5) is 0 Å². The normalized spacial score (nSPS) is 10.9. The van der Waals surface area contributed by atoms with Crippen LogP contribution >= 0.6 is 27.5 Å². The van der Waals surface area contributed by atoms with Crippen molar-refractivity contribution in [3.05, 3.63) is 38.3 Å². The van der Waals surface area contributed by atoms with E-state index in [-0.39, 0.29) is 17.5 Å². The van der Waals surface area contributed by atoms with Crippen LogP contribution in [0.25, 0.3) is 10.9 Å². The van der Waals surface area contributed by atoms with Crippen LogP contribution in [0, 0.1) is 0 Å². The Hall–Kier alpha value is -0.910. The van der Waals surface area contributed by atoms with Crippen LogP contribution in [0.5, 0.6) is 0 Å². The van der Waals surface area contributed by atoms with Crippen molar-refractivity contribution in [2.24, 2.45) is 5.73 Å². The molecule has 0 saturated carbocycles. The lowest BCUT2D eigenvalue weighted by atomic mass is 10.2. The van der Waals surface area contributed by atoms with Gasteiger partial charge in [0.2, 0.25) is 5.28 Å². The maximum absolute atomic E-state index is 11.9. The first-order chi connectivity index (χ1) is 7.15. The van der Waals surface area contributed by atoms with Gasteiger partial charge in [-0.3, -0.25) is 9.36 Å². The van der Waals surface area contributed by atoms with Crippen molar-refractivity contribution in [1.29, 1.82) is 0 Å². The molecule has 6 heteroatoms. The van der Waals surface area contributed by atoms with Crippen molar-refractivity contribution in [2.75, 3.05) is 0 Å². The number of rotatable bonds is 1. The van der Waals surface area contributed by atoms with Gasteiger partial charge in [0.25, 0.3) is 5.56 Å². The molecule has 0 unspecified atom stereocenters. The van der Waals surface area contributed by atoms with Crippen LogP contribution in [0.1, 0.15) is 0 Å². The van der Waals surface area contributed by atoms with Gasteiger partial charge >= 0.3 is 0 Å². The highest BCUT2D eigenvalue weighted by atomic mass is 79.9. The summed E-state index contributed by atoms with van der Waals surface area (Å²) in [6.07, 6.45) is 0. The molecule has 1 heterocycles. The number of fused-ring (bicyclic) bond motifs is 1. The molecule has 0 fully saturated rings. The van der Waals surface area contributed by atoms with Gasteiger partial charge in [-0.2, -0.15) is 0 Å². The topological polar surface area (TPSA) is 60.9 Å². The van der Waals surface area contributed by atoms with E-state index in [0.29, 0.717) is 15.4 Å². The Morgan fingerprint density at radius 2 is 2.27 bits per heavy atom. The third-order valence-electron chi connectivity index (χ3n) is 2.07. The molecule has 0 aliphatic heterocycles. The van der Waals surface area contributed by atoms with Crippen molar-refractivity contribution in [1.82, 2.24) is 9.55 Å². The molecular weight excluding hydrogens is 281 g/mol. The monoisotopic (exact) mass is 287 g/mol. The second-order valence-electron chi connectivity index (χ2n) is 2.93. The molecular formula is C9H7BrClN3O. The molecule has 1 aromatic carbocycles. The van der Waals surface area contributed by atoms with Crippen molar-refractivity contribution in [3.63, 3.8) is 0 Å². The molecule has 0 aliphatic rings. The predicted octanol–water partition coefficient (Wildman–Crippen LogP) is 1.73. The lowest BCUT2D eigenvalue weighted by Crippen LogP contribution is -2.26. The Morgan fingerprint density at radius 3 is 2.93 bits per heavy atom. The second kappa shape index (κ2) is 3.92. The van der Waals surface area contributed by atoms with Gasteiger partial charge in [-0.15, -0.1) is 0 Å². The smallest absolute Gasteiger partial charge is 0.264 e. The van der Waals surface area contributed by atoms with E-state index in [4.69, 9.17) is 17.3 Å². The summed E-state index contributed by atoms with van der Waals surface area (Å²) in [4.78, 5) is 16.0. The van der Waals surface area contributed by atoms with Crippen LogP contribution in [-0.4, -0.2) is 9.55 Å². The summed E-state index contributed by atoms with van der Waals surface area (Å²) in [5.74, 6) is 0. The zero-order valence-corrected chi connectivity index (χ0v) is 9.92. The molecule has 2 rings (SSSR count). The summed E-state index contributed by atoms with van der Waals surface area (Å²) in [5, 5.41) is 0.598. The highest BCUT2D eigenvalue weighted by molar-refractivity contribution is 9.10. The van der Waals surface area contributed by atoms with Crippen molar-refractivity contribution >= 4 is 38.4 Å². The minimum Gasteiger partial charge on any atom is -0.313 e. The zero-order valence-electron chi connectivity index (χ0n) is 7.58. The molecule has 0 radical (unpaired) electrons. The molecule has 15 heavy (non-hydrogen) atoms. The number of hydrogen-bond acceptors (Lipinski definition) is 3. The lowest BCUT2D eigenvalue weighted by molar-refractivity contribution is 0.693. The molecule has 0 saturated heterocycles. The van der Waals surface area contributed by atoms with Crippen molar-refractivity contribution in [2.45, 2.75) is 6.67 Å². The maximum atomic E-state index is 11.9. The number of hydrogen-bond donors (Lipinski definition) is 1. The Bertz CT molecular complexity index is 581. The summed E-state index contributed by atoms with van der Waals surface area (Å²) in [5.41, 5.74) is 5.74. The third kappa shape index (κ3) is 1.67. The first kappa shape index (κ1) is 10.6. The van der Waals surface area contributed by atoms with Gasteiger partial charge < -0.3 is 5.73 Å². The number of halogens is 2. The summed E-state index contributed by atoms with van der Waals surface area (Å²) in [7, 11) is 0. The van der Waals surface area contributed by atoms with Gasteiger partial charge in [0.15, 0.2) is 0 Å². The number of nitrogens with two attached hydrogens (primary N) is 1. The third-order valence-corrected chi connectivity index (χ3v) is 3.02. The fraction of sp³-hybridized carbons (Fsp3) is 0.111. The van der Waals surface area contributed by atoms with Crippen LogP contribution in [0.3, 0.4) is 0 Å². The molecule has 2 N–H and O–H groups in total. The minimum atomic E-state index is -0.236. The Morgan fingerprint density at radius 1 is 1.53 bits per heavy atom. The van der Waals surface area contributed by atoms with Crippen LogP contribution in [-0.2, 0) is 6.67 Å². The summed E-state index contributed by atoms with van der Waals surface area (Å²) in [6.45, 7) is 0.0158. The number of nitrogens with zero attached hydrogens (tertiary/aromatic N) is 2. The second-order valence-corrected chi connectivity index (χ2v) is 4.12. The van der Waals surface area contributed by atoms with Crippen molar-refractivity contribution < 1.29 is 0 Å². The molecule has 0 spiro atoms. The summed E-state index contributed by atoms with van der Waals surface area (Å²) in [6, 6.07) is 5.30. The largest absolute Gasteiger partial charge is 0.313 e. The van der Waals surface area contributed by atoms with Crippen LogP contribution in [0.15, 0.2) is 27.5 Å². The van der Waals surface area contributed by atoms with E-state index in [0.717, 1.165) is 0 Å². The highest BCUT2D eigenvalue weighted by Gasteiger charge is 2.10. The van der Waals surface area contributed by atoms with Gasteiger partial charge in [-0.1, -0.05) is 6.07 Å². The van der Waals surface area contributed by atoms with Gasteiger partial charge in [-0.05, 0) is 39.7 Å². The predicted molar refractivity (Wildman–Crippen MR) is 62.9 cm³/mol. The fourth-order valence-electron chi connectivity index (χ4n) is 1.35. The average molecular weight is 289 g/mol. The Kier molecular flexibility index (Phi) is 2.77. The van der Waals surface area contributed by atoms with Crippen molar-refractivity contribution in [3.8, 4) is 0 Å². The lowest BCUT2D eigenvalue weighted by Gasteiger charge is -2.06. The maximum Gasteiger partial charge on any atom is 0.264 e. The molecule has 2 aromatic rings. The fourth-order valence-corrected chi connectivity index (χ4v) is 2.12. The first-order valence-electron chi connectivity index (χ1n) is 4.20. The standard InChI is InChI=1S/C9H7BrClN3O/c10-5-2-1-3-6-7(5)8(15)14(4-12)9(11)13-6/h1-3H,4,12H2. The average Bonchev–Trinajstić information content (AvgIpc) is 2.17. The molecule has 4 nitrogen and oxygen atoms in total. The van der Waals surface area contributed by atoms with Gasteiger partial charge in [0.1, 0.15) is 0 Å².